The molecule has 3 nitrogen and oxygen atoms in total. The summed E-state index contributed by atoms with van der Waals surface area (Å²) in [4.78, 5) is 4.42. The van der Waals surface area contributed by atoms with Crippen LogP contribution in [0.5, 0.6) is 5.75 Å². The lowest BCUT2D eigenvalue weighted by Gasteiger charge is -2.19. The third-order valence-corrected chi connectivity index (χ3v) is 4.11. The topological polar surface area (TPSA) is 45.1 Å². The highest BCUT2D eigenvalue weighted by molar-refractivity contribution is 7.09. The van der Waals surface area contributed by atoms with Crippen LogP contribution in [0, 0.1) is 12.7 Å². The molecule has 2 atom stereocenters. The summed E-state index contributed by atoms with van der Waals surface area (Å²) in [6.45, 7) is 5.85. The average Bonchev–Trinajstić information content (AvgIpc) is 2.79. The fraction of sp³-hybridized carbons (Fsp3) is 0.357. The lowest BCUT2D eigenvalue weighted by Crippen LogP contribution is -2.22. The number of aryl methyl sites for hydroxylation is 1. The molecule has 19 heavy (non-hydrogen) atoms. The Morgan fingerprint density at radius 1 is 1.32 bits per heavy atom. The molecule has 2 N–H and O–H groups in total. The van der Waals surface area contributed by atoms with Crippen LogP contribution in [0.1, 0.15) is 42.2 Å². The van der Waals surface area contributed by atoms with Crippen LogP contribution in [0.3, 0.4) is 0 Å². The van der Waals surface area contributed by atoms with Crippen molar-refractivity contribution in [2.75, 3.05) is 0 Å². The smallest absolute Gasteiger partial charge is 0.123 e. The minimum Gasteiger partial charge on any atom is -0.508 e. The maximum absolute atomic E-state index is 13.2. The number of aromatic nitrogens is 1. The summed E-state index contributed by atoms with van der Waals surface area (Å²) in [5.41, 5.74) is 1.55. The van der Waals surface area contributed by atoms with Crippen molar-refractivity contribution in [3.63, 3.8) is 0 Å². The van der Waals surface area contributed by atoms with Crippen LogP contribution in [-0.2, 0) is 0 Å². The lowest BCUT2D eigenvalue weighted by molar-refractivity contribution is 0.435. The Kier molecular flexibility index (Phi) is 4.17. The van der Waals surface area contributed by atoms with Crippen molar-refractivity contribution in [1.82, 2.24) is 10.3 Å². The molecule has 0 aliphatic rings. The van der Waals surface area contributed by atoms with Gasteiger partial charge >= 0.3 is 0 Å². The number of rotatable bonds is 4. The SMILES string of the molecule is Cc1csc(C(C)NC(C)c2cc(F)ccc2O)n1. The summed E-state index contributed by atoms with van der Waals surface area (Å²) in [7, 11) is 0. The molecule has 0 radical (unpaired) electrons. The van der Waals surface area contributed by atoms with Gasteiger partial charge in [-0.25, -0.2) is 9.37 Å². The third kappa shape index (κ3) is 3.30. The molecular formula is C14H17FN2OS. The Morgan fingerprint density at radius 3 is 2.68 bits per heavy atom. The molecule has 0 saturated carbocycles. The predicted molar refractivity (Wildman–Crippen MR) is 74.9 cm³/mol. The second kappa shape index (κ2) is 5.67. The van der Waals surface area contributed by atoms with Gasteiger partial charge in [-0.2, -0.15) is 0 Å². The Morgan fingerprint density at radius 2 is 2.05 bits per heavy atom. The van der Waals surface area contributed by atoms with E-state index in [1.807, 2.05) is 26.2 Å². The zero-order valence-corrected chi connectivity index (χ0v) is 12.0. The minimum atomic E-state index is -0.348. The molecule has 5 heteroatoms. The van der Waals surface area contributed by atoms with Gasteiger partial charge in [0.25, 0.3) is 0 Å². The van der Waals surface area contributed by atoms with Crippen LogP contribution in [0.2, 0.25) is 0 Å². The Bertz CT molecular complexity index is 570. The number of benzene rings is 1. The molecule has 0 aliphatic carbocycles. The summed E-state index contributed by atoms with van der Waals surface area (Å²) in [5, 5.41) is 16.1. The first-order valence-electron chi connectivity index (χ1n) is 6.14. The van der Waals surface area contributed by atoms with Crippen molar-refractivity contribution in [3.8, 4) is 5.75 Å². The maximum atomic E-state index is 13.2. The molecule has 0 saturated heterocycles. The van der Waals surface area contributed by atoms with E-state index in [-0.39, 0.29) is 23.7 Å². The molecule has 0 spiro atoms. The highest BCUT2D eigenvalue weighted by atomic mass is 32.1. The van der Waals surface area contributed by atoms with Crippen molar-refractivity contribution in [3.05, 3.63) is 45.7 Å². The second-order valence-electron chi connectivity index (χ2n) is 4.64. The van der Waals surface area contributed by atoms with E-state index in [1.165, 1.54) is 18.2 Å². The van der Waals surface area contributed by atoms with Crippen molar-refractivity contribution in [1.29, 1.82) is 0 Å². The van der Waals surface area contributed by atoms with Gasteiger partial charge in [0.1, 0.15) is 16.6 Å². The van der Waals surface area contributed by atoms with Gasteiger partial charge < -0.3 is 10.4 Å². The van der Waals surface area contributed by atoms with E-state index in [2.05, 4.69) is 10.3 Å². The average molecular weight is 280 g/mol. The third-order valence-electron chi connectivity index (χ3n) is 2.96. The normalized spacial score (nSPS) is 14.3. The monoisotopic (exact) mass is 280 g/mol. The molecular weight excluding hydrogens is 263 g/mol. The first kappa shape index (κ1) is 14.0. The Balaban J connectivity index is 2.12. The lowest BCUT2D eigenvalue weighted by atomic mass is 10.1. The van der Waals surface area contributed by atoms with E-state index < -0.39 is 0 Å². The highest BCUT2D eigenvalue weighted by Crippen LogP contribution is 2.27. The largest absolute Gasteiger partial charge is 0.508 e. The van der Waals surface area contributed by atoms with E-state index >= 15 is 0 Å². The van der Waals surface area contributed by atoms with Gasteiger partial charge in [0.2, 0.25) is 0 Å². The van der Waals surface area contributed by atoms with Crippen molar-refractivity contribution in [2.45, 2.75) is 32.9 Å². The van der Waals surface area contributed by atoms with Gasteiger partial charge in [0, 0.05) is 22.7 Å². The first-order valence-corrected chi connectivity index (χ1v) is 7.02. The van der Waals surface area contributed by atoms with E-state index in [1.54, 1.807) is 11.3 Å². The van der Waals surface area contributed by atoms with Crippen LogP contribution in [-0.4, -0.2) is 10.1 Å². The number of phenolic OH excluding ortho intramolecular Hbond substituents is 1. The van der Waals surface area contributed by atoms with Gasteiger partial charge in [-0.1, -0.05) is 0 Å². The zero-order valence-electron chi connectivity index (χ0n) is 11.1. The number of thiazole rings is 1. The van der Waals surface area contributed by atoms with Gasteiger partial charge in [-0.3, -0.25) is 0 Å². The second-order valence-corrected chi connectivity index (χ2v) is 5.53. The highest BCUT2D eigenvalue weighted by Gasteiger charge is 2.16. The van der Waals surface area contributed by atoms with Gasteiger partial charge in [-0.05, 0) is 39.0 Å². The van der Waals surface area contributed by atoms with Crippen molar-refractivity contribution in [2.24, 2.45) is 0 Å². The summed E-state index contributed by atoms with van der Waals surface area (Å²) in [6, 6.07) is 3.87. The summed E-state index contributed by atoms with van der Waals surface area (Å²) < 4.78 is 13.2. The predicted octanol–water partition coefficient (Wildman–Crippen LogP) is 3.71. The Labute approximate surface area is 116 Å². The zero-order chi connectivity index (χ0) is 14.0. The van der Waals surface area contributed by atoms with Crippen molar-refractivity contribution < 1.29 is 9.50 Å². The summed E-state index contributed by atoms with van der Waals surface area (Å²) >= 11 is 1.59. The molecule has 2 unspecified atom stereocenters. The van der Waals surface area contributed by atoms with E-state index in [4.69, 9.17) is 0 Å². The van der Waals surface area contributed by atoms with Gasteiger partial charge in [0.05, 0.1) is 6.04 Å². The fourth-order valence-corrected chi connectivity index (χ4v) is 2.79. The summed E-state index contributed by atoms with van der Waals surface area (Å²) in [6.07, 6.45) is 0. The van der Waals surface area contributed by atoms with Gasteiger partial charge in [0.15, 0.2) is 0 Å². The number of hydrogen-bond acceptors (Lipinski definition) is 4. The van der Waals surface area contributed by atoms with Crippen LogP contribution < -0.4 is 5.32 Å². The van der Waals surface area contributed by atoms with E-state index in [0.717, 1.165) is 10.7 Å². The fourth-order valence-electron chi connectivity index (χ4n) is 1.98. The molecule has 0 fully saturated rings. The van der Waals surface area contributed by atoms with Crippen LogP contribution in [0.15, 0.2) is 23.6 Å². The molecule has 1 heterocycles. The molecule has 2 rings (SSSR count). The van der Waals surface area contributed by atoms with Crippen molar-refractivity contribution >= 4 is 11.3 Å². The summed E-state index contributed by atoms with van der Waals surface area (Å²) in [5.74, 6) is -0.247. The standard InChI is InChI=1S/C14H17FN2OS/c1-8-7-19-14(16-8)10(3)17-9(2)12-6-11(15)4-5-13(12)18/h4-7,9-10,17-18H,1-3H3. The Hall–Kier alpha value is -1.46. The molecule has 2 aromatic rings. The van der Waals surface area contributed by atoms with Gasteiger partial charge in [-0.15, -0.1) is 11.3 Å². The molecule has 102 valence electrons. The number of nitrogens with zero attached hydrogens (tertiary/aromatic N) is 1. The van der Waals surface area contributed by atoms with Crippen LogP contribution in [0.25, 0.3) is 0 Å². The van der Waals surface area contributed by atoms with Crippen LogP contribution in [0.4, 0.5) is 4.39 Å². The van der Waals surface area contributed by atoms with Crippen LogP contribution >= 0.6 is 11.3 Å². The number of hydrogen-bond donors (Lipinski definition) is 2. The number of nitrogens with one attached hydrogen (secondary N) is 1. The first-order chi connectivity index (χ1) is 8.97. The number of halogens is 1. The molecule has 1 aromatic carbocycles. The van der Waals surface area contributed by atoms with E-state index in [0.29, 0.717) is 5.56 Å². The molecule has 0 aliphatic heterocycles. The number of phenols is 1. The quantitative estimate of drug-likeness (QED) is 0.897. The van der Waals surface area contributed by atoms with E-state index in [9.17, 15) is 9.50 Å². The molecule has 0 amide bonds. The number of aromatic hydroxyl groups is 1. The molecule has 1 aromatic heterocycles. The molecule has 0 bridgehead atoms. The maximum Gasteiger partial charge on any atom is 0.123 e. The minimum absolute atomic E-state index is 0.0522.